The lowest BCUT2D eigenvalue weighted by Crippen LogP contribution is -2.48. The van der Waals surface area contributed by atoms with E-state index in [0.717, 1.165) is 16.7 Å². The van der Waals surface area contributed by atoms with Crippen LogP contribution in [0.15, 0.2) is 42.5 Å². The van der Waals surface area contributed by atoms with E-state index in [9.17, 15) is 19.8 Å². The molecule has 2 rings (SSSR count). The summed E-state index contributed by atoms with van der Waals surface area (Å²) in [5.74, 6) is -1.29. The first-order chi connectivity index (χ1) is 13.2. The van der Waals surface area contributed by atoms with Crippen molar-refractivity contribution in [2.75, 3.05) is 0 Å². The quantitative estimate of drug-likeness (QED) is 0.567. The number of carbonyl (C=O) groups is 2. The molecule has 3 N–H and O–H groups in total. The molecular formula is C21H23Cl2NO4. The van der Waals surface area contributed by atoms with E-state index in [0.29, 0.717) is 10.0 Å². The van der Waals surface area contributed by atoms with Gasteiger partial charge >= 0.3 is 5.97 Å². The summed E-state index contributed by atoms with van der Waals surface area (Å²) >= 11 is 12.2. The third kappa shape index (κ3) is 6.31. The Hall–Kier alpha value is -1.92. The van der Waals surface area contributed by atoms with E-state index in [1.165, 1.54) is 6.92 Å². The van der Waals surface area contributed by atoms with Gasteiger partial charge in [0.15, 0.2) is 0 Å². The minimum atomic E-state index is -1.07. The number of ketones is 1. The van der Waals surface area contributed by atoms with Crippen LogP contribution in [0.4, 0.5) is 0 Å². The van der Waals surface area contributed by atoms with E-state index >= 15 is 0 Å². The molecule has 0 aromatic heterocycles. The van der Waals surface area contributed by atoms with Crippen molar-refractivity contribution >= 4 is 35.0 Å². The molecule has 2 aromatic carbocycles. The molecule has 28 heavy (non-hydrogen) atoms. The number of aliphatic hydroxyl groups is 1. The minimum absolute atomic E-state index is 0.144. The normalized spacial score (nSPS) is 14.3. The number of rotatable bonds is 9. The number of nitrogens with one attached hydrogen (secondary N) is 1. The maximum atomic E-state index is 11.9. The number of carboxylic acid groups (broad SMARTS) is 1. The van der Waals surface area contributed by atoms with E-state index in [1.54, 1.807) is 25.1 Å². The Balaban J connectivity index is 2.33. The Bertz CT molecular complexity index is 834. The first kappa shape index (κ1) is 22.4. The molecule has 0 spiro atoms. The number of aliphatic carboxylic acids is 1. The van der Waals surface area contributed by atoms with Gasteiger partial charge in [-0.15, -0.1) is 0 Å². The molecule has 0 aliphatic rings. The molecule has 0 saturated carbocycles. The van der Waals surface area contributed by atoms with Crippen molar-refractivity contribution in [3.05, 3.63) is 58.1 Å². The summed E-state index contributed by atoms with van der Waals surface area (Å²) in [4.78, 5) is 23.7. The molecular weight excluding hydrogens is 401 g/mol. The van der Waals surface area contributed by atoms with Crippen LogP contribution in [0.2, 0.25) is 10.0 Å². The molecule has 5 nitrogen and oxygen atoms in total. The fraction of sp³-hybridized carbons (Fsp3) is 0.333. The van der Waals surface area contributed by atoms with Crippen LogP contribution < -0.4 is 5.32 Å². The molecule has 2 aromatic rings. The summed E-state index contributed by atoms with van der Waals surface area (Å²) in [6.07, 6.45) is -0.430. The van der Waals surface area contributed by atoms with Gasteiger partial charge in [-0.25, -0.2) is 0 Å². The molecule has 7 heteroatoms. The number of hydrogen-bond donors (Lipinski definition) is 3. The second-order valence-electron chi connectivity index (χ2n) is 6.82. The van der Waals surface area contributed by atoms with E-state index in [1.807, 2.05) is 24.3 Å². The molecule has 0 heterocycles. The monoisotopic (exact) mass is 423 g/mol. The van der Waals surface area contributed by atoms with Crippen molar-refractivity contribution in [1.29, 1.82) is 0 Å². The zero-order chi connectivity index (χ0) is 20.8. The predicted octanol–water partition coefficient (Wildman–Crippen LogP) is 3.97. The van der Waals surface area contributed by atoms with E-state index in [4.69, 9.17) is 23.2 Å². The third-order valence-corrected chi connectivity index (χ3v) is 4.82. The highest BCUT2D eigenvalue weighted by Gasteiger charge is 2.26. The standard InChI is InChI=1S/C21H23Cl2NO4/c1-12(25)7-19(13(2)26)24-20(21(27)28)10-14-5-3-4-6-18(14)15-8-16(22)11-17(23)9-15/h3-6,8-9,11-12,19-20,24-25H,7,10H2,1-2H3,(H,27,28). The second kappa shape index (κ2) is 10.0. The maximum absolute atomic E-state index is 11.9. The topological polar surface area (TPSA) is 86.6 Å². The van der Waals surface area contributed by atoms with Gasteiger partial charge in [-0.2, -0.15) is 0 Å². The zero-order valence-corrected chi connectivity index (χ0v) is 17.2. The van der Waals surface area contributed by atoms with Gasteiger partial charge in [0, 0.05) is 10.0 Å². The Morgan fingerprint density at radius 1 is 1.07 bits per heavy atom. The molecule has 3 unspecified atom stereocenters. The average Bonchev–Trinajstić information content (AvgIpc) is 2.59. The van der Waals surface area contributed by atoms with Gasteiger partial charge in [0.2, 0.25) is 0 Å². The molecule has 0 radical (unpaired) electrons. The highest BCUT2D eigenvalue weighted by molar-refractivity contribution is 6.35. The second-order valence-corrected chi connectivity index (χ2v) is 7.70. The van der Waals surface area contributed by atoms with E-state index in [2.05, 4.69) is 5.32 Å². The van der Waals surface area contributed by atoms with Gasteiger partial charge in [-0.1, -0.05) is 47.5 Å². The first-order valence-electron chi connectivity index (χ1n) is 8.89. The molecule has 0 bridgehead atoms. The fourth-order valence-corrected chi connectivity index (χ4v) is 3.59. The van der Waals surface area contributed by atoms with Crippen molar-refractivity contribution < 1.29 is 19.8 Å². The lowest BCUT2D eigenvalue weighted by Gasteiger charge is -2.23. The Morgan fingerprint density at radius 2 is 1.68 bits per heavy atom. The minimum Gasteiger partial charge on any atom is -0.480 e. The van der Waals surface area contributed by atoms with E-state index < -0.39 is 24.2 Å². The van der Waals surface area contributed by atoms with Crippen LogP contribution in [-0.2, 0) is 16.0 Å². The van der Waals surface area contributed by atoms with Crippen LogP contribution in [0.1, 0.15) is 25.8 Å². The van der Waals surface area contributed by atoms with Crippen LogP contribution in [0.5, 0.6) is 0 Å². The number of carbonyl (C=O) groups excluding carboxylic acids is 1. The molecule has 150 valence electrons. The molecule has 0 saturated heterocycles. The third-order valence-electron chi connectivity index (χ3n) is 4.38. The van der Waals surface area contributed by atoms with Crippen molar-refractivity contribution in [2.24, 2.45) is 0 Å². The summed E-state index contributed by atoms with van der Waals surface area (Å²) < 4.78 is 0. The Labute approximate surface area is 174 Å². The van der Waals surface area contributed by atoms with Gasteiger partial charge in [-0.3, -0.25) is 14.9 Å². The highest BCUT2D eigenvalue weighted by atomic mass is 35.5. The largest absolute Gasteiger partial charge is 0.480 e. The Kier molecular flexibility index (Phi) is 8.01. The maximum Gasteiger partial charge on any atom is 0.321 e. The number of halogens is 2. The Morgan fingerprint density at radius 3 is 2.21 bits per heavy atom. The van der Waals surface area contributed by atoms with Crippen LogP contribution >= 0.6 is 23.2 Å². The molecule has 0 aliphatic carbocycles. The first-order valence-corrected chi connectivity index (χ1v) is 9.64. The van der Waals surface area contributed by atoms with Crippen molar-refractivity contribution in [3.8, 4) is 11.1 Å². The number of benzene rings is 2. The number of Topliss-reactive ketones (excluding diaryl/α,β-unsaturated/α-hetero) is 1. The van der Waals surface area contributed by atoms with Crippen LogP contribution in [0, 0.1) is 0 Å². The van der Waals surface area contributed by atoms with Gasteiger partial charge in [0.05, 0.1) is 12.1 Å². The SMILES string of the molecule is CC(=O)C(CC(C)O)NC(Cc1ccccc1-c1cc(Cl)cc(Cl)c1)C(=O)O. The number of hydrogen-bond acceptors (Lipinski definition) is 4. The number of aliphatic hydroxyl groups excluding tert-OH is 1. The summed E-state index contributed by atoms with van der Waals surface area (Å²) in [7, 11) is 0. The smallest absolute Gasteiger partial charge is 0.321 e. The van der Waals surface area contributed by atoms with Crippen LogP contribution in [0.3, 0.4) is 0 Å². The number of carboxylic acids is 1. The zero-order valence-electron chi connectivity index (χ0n) is 15.7. The van der Waals surface area contributed by atoms with Gasteiger partial charge < -0.3 is 10.2 Å². The summed E-state index contributed by atoms with van der Waals surface area (Å²) in [6, 6.07) is 10.8. The van der Waals surface area contributed by atoms with Gasteiger partial charge in [0.1, 0.15) is 11.8 Å². The van der Waals surface area contributed by atoms with Crippen molar-refractivity contribution in [1.82, 2.24) is 5.32 Å². The average molecular weight is 424 g/mol. The van der Waals surface area contributed by atoms with Gasteiger partial charge in [-0.05, 0) is 61.6 Å². The highest BCUT2D eigenvalue weighted by Crippen LogP contribution is 2.30. The molecule has 0 fully saturated rings. The van der Waals surface area contributed by atoms with Crippen molar-refractivity contribution in [3.63, 3.8) is 0 Å². The van der Waals surface area contributed by atoms with Crippen LogP contribution in [-0.4, -0.2) is 40.2 Å². The van der Waals surface area contributed by atoms with E-state index in [-0.39, 0.29) is 18.6 Å². The summed E-state index contributed by atoms with van der Waals surface area (Å²) in [6.45, 7) is 2.94. The summed E-state index contributed by atoms with van der Waals surface area (Å²) in [5, 5.41) is 23.1. The molecule has 3 atom stereocenters. The lowest BCUT2D eigenvalue weighted by atomic mass is 9.94. The fourth-order valence-electron chi connectivity index (χ4n) is 3.06. The molecule has 0 aliphatic heterocycles. The predicted molar refractivity (Wildman–Crippen MR) is 111 cm³/mol. The van der Waals surface area contributed by atoms with Crippen LogP contribution in [0.25, 0.3) is 11.1 Å². The summed E-state index contributed by atoms with van der Waals surface area (Å²) in [5.41, 5.74) is 2.37. The van der Waals surface area contributed by atoms with Gasteiger partial charge in [0.25, 0.3) is 0 Å². The lowest BCUT2D eigenvalue weighted by molar-refractivity contribution is -0.140. The molecule has 0 amide bonds. The van der Waals surface area contributed by atoms with Crippen molar-refractivity contribution in [2.45, 2.75) is 44.9 Å².